The molecule has 1 unspecified atom stereocenters. The third-order valence-corrected chi connectivity index (χ3v) is 6.98. The molecule has 4 amide bonds. The van der Waals surface area contributed by atoms with E-state index >= 15 is 0 Å². The van der Waals surface area contributed by atoms with Crippen LogP contribution in [0.25, 0.3) is 10.8 Å². The quantitative estimate of drug-likeness (QED) is 0.538. The summed E-state index contributed by atoms with van der Waals surface area (Å²) in [5.41, 5.74) is -0.685. The standard InChI is InChI=1S/C23H20ClN3O5S/c1-23(16-8-7-14-5-3-4-6-15(14)11-16)21(29)27(22(30)26-23)13-20(28)25-19-12-17(33(2,31)32)9-10-18(19)24/h3-12H,13H2,1-2H3,(H,25,28)(H,26,30). The highest BCUT2D eigenvalue weighted by Crippen LogP contribution is 2.31. The molecular formula is C23H20ClN3O5S. The largest absolute Gasteiger partial charge is 0.325 e. The number of carbonyl (C=O) groups excluding carboxylic acids is 3. The Balaban J connectivity index is 1.55. The van der Waals surface area contributed by atoms with Crippen molar-refractivity contribution in [1.82, 2.24) is 10.2 Å². The summed E-state index contributed by atoms with van der Waals surface area (Å²) >= 11 is 6.07. The minimum Gasteiger partial charge on any atom is -0.323 e. The van der Waals surface area contributed by atoms with Crippen molar-refractivity contribution >= 4 is 55.7 Å². The molecule has 0 aliphatic carbocycles. The number of carbonyl (C=O) groups is 3. The zero-order valence-corrected chi connectivity index (χ0v) is 19.3. The molecule has 8 nitrogen and oxygen atoms in total. The van der Waals surface area contributed by atoms with Crippen molar-refractivity contribution in [2.45, 2.75) is 17.4 Å². The lowest BCUT2D eigenvalue weighted by molar-refractivity contribution is -0.133. The molecule has 170 valence electrons. The molecule has 0 radical (unpaired) electrons. The van der Waals surface area contributed by atoms with Crippen molar-refractivity contribution in [2.24, 2.45) is 0 Å². The molecule has 0 aromatic heterocycles. The zero-order valence-electron chi connectivity index (χ0n) is 17.8. The van der Waals surface area contributed by atoms with Gasteiger partial charge in [-0.25, -0.2) is 13.2 Å². The molecule has 1 atom stereocenters. The second kappa shape index (κ2) is 8.17. The SMILES string of the molecule is CC1(c2ccc3ccccc3c2)NC(=O)N(CC(=O)Nc2cc(S(C)(=O)=O)ccc2Cl)C1=O. The highest BCUT2D eigenvalue weighted by molar-refractivity contribution is 7.90. The van der Waals surface area contributed by atoms with Crippen LogP contribution in [0.15, 0.2) is 65.6 Å². The van der Waals surface area contributed by atoms with Gasteiger partial charge >= 0.3 is 6.03 Å². The van der Waals surface area contributed by atoms with Crippen molar-refractivity contribution in [2.75, 3.05) is 18.1 Å². The van der Waals surface area contributed by atoms with E-state index in [1.165, 1.54) is 18.2 Å². The number of hydrogen-bond donors (Lipinski definition) is 2. The Hall–Kier alpha value is -3.43. The van der Waals surface area contributed by atoms with E-state index in [1.54, 1.807) is 13.0 Å². The van der Waals surface area contributed by atoms with Crippen molar-refractivity contribution in [3.8, 4) is 0 Å². The van der Waals surface area contributed by atoms with E-state index in [9.17, 15) is 22.8 Å². The molecule has 0 bridgehead atoms. The van der Waals surface area contributed by atoms with Gasteiger partial charge in [-0.05, 0) is 47.5 Å². The Bertz CT molecular complexity index is 1420. The van der Waals surface area contributed by atoms with Crippen LogP contribution in [0.2, 0.25) is 5.02 Å². The molecule has 1 aliphatic rings. The van der Waals surface area contributed by atoms with Crippen LogP contribution in [0.1, 0.15) is 12.5 Å². The van der Waals surface area contributed by atoms with Crippen molar-refractivity contribution in [3.05, 3.63) is 71.2 Å². The van der Waals surface area contributed by atoms with Gasteiger partial charge in [0.1, 0.15) is 12.1 Å². The Kier molecular flexibility index (Phi) is 5.63. The molecule has 1 aliphatic heterocycles. The molecule has 33 heavy (non-hydrogen) atoms. The summed E-state index contributed by atoms with van der Waals surface area (Å²) < 4.78 is 23.5. The molecule has 0 spiro atoms. The van der Waals surface area contributed by atoms with Gasteiger partial charge in [0, 0.05) is 6.26 Å². The van der Waals surface area contributed by atoms with Gasteiger partial charge < -0.3 is 10.6 Å². The van der Waals surface area contributed by atoms with Crippen LogP contribution in [0.5, 0.6) is 0 Å². The van der Waals surface area contributed by atoms with Crippen LogP contribution < -0.4 is 10.6 Å². The van der Waals surface area contributed by atoms with Crippen molar-refractivity contribution in [1.29, 1.82) is 0 Å². The van der Waals surface area contributed by atoms with E-state index in [0.717, 1.165) is 21.9 Å². The summed E-state index contributed by atoms with van der Waals surface area (Å²) in [7, 11) is -3.52. The van der Waals surface area contributed by atoms with E-state index in [4.69, 9.17) is 11.6 Å². The fourth-order valence-corrected chi connectivity index (χ4v) is 4.51. The molecule has 1 saturated heterocycles. The number of imide groups is 1. The summed E-state index contributed by atoms with van der Waals surface area (Å²) in [6.07, 6.45) is 1.03. The first-order chi connectivity index (χ1) is 15.5. The molecular weight excluding hydrogens is 466 g/mol. The van der Waals surface area contributed by atoms with Gasteiger partial charge in [-0.15, -0.1) is 0 Å². The number of hydrogen-bond acceptors (Lipinski definition) is 5. The third kappa shape index (κ3) is 4.29. The number of urea groups is 1. The normalized spacial score (nSPS) is 18.5. The maximum Gasteiger partial charge on any atom is 0.325 e. The number of nitrogens with zero attached hydrogens (tertiary/aromatic N) is 1. The average molecular weight is 486 g/mol. The van der Waals surface area contributed by atoms with Gasteiger partial charge in [0.15, 0.2) is 9.84 Å². The first-order valence-corrected chi connectivity index (χ1v) is 12.2. The number of halogens is 1. The molecule has 1 heterocycles. The average Bonchev–Trinajstić information content (AvgIpc) is 2.98. The number of sulfone groups is 1. The van der Waals surface area contributed by atoms with Crippen LogP contribution in [0.4, 0.5) is 10.5 Å². The lowest BCUT2D eigenvalue weighted by atomic mass is 9.90. The van der Waals surface area contributed by atoms with Gasteiger partial charge in [-0.1, -0.05) is 48.0 Å². The van der Waals surface area contributed by atoms with Crippen LogP contribution in [0, 0.1) is 0 Å². The molecule has 4 rings (SSSR count). The van der Waals surface area contributed by atoms with E-state index in [0.29, 0.717) is 5.56 Å². The first kappa shape index (κ1) is 22.8. The van der Waals surface area contributed by atoms with Gasteiger partial charge in [-0.3, -0.25) is 14.5 Å². The van der Waals surface area contributed by atoms with Crippen LogP contribution >= 0.6 is 11.6 Å². The van der Waals surface area contributed by atoms with Gasteiger partial charge in [0.2, 0.25) is 5.91 Å². The number of rotatable bonds is 5. The highest BCUT2D eigenvalue weighted by Gasteiger charge is 2.49. The van der Waals surface area contributed by atoms with E-state index in [1.807, 2.05) is 36.4 Å². The summed E-state index contributed by atoms with van der Waals surface area (Å²) in [6.45, 7) is 1.02. The molecule has 3 aromatic rings. The predicted molar refractivity (Wildman–Crippen MR) is 125 cm³/mol. The predicted octanol–water partition coefficient (Wildman–Crippen LogP) is 3.30. The fraction of sp³-hybridized carbons (Fsp3) is 0.174. The summed E-state index contributed by atoms with van der Waals surface area (Å²) in [6, 6.07) is 16.3. The Morgan fingerprint density at radius 3 is 2.45 bits per heavy atom. The maximum absolute atomic E-state index is 13.2. The third-order valence-electron chi connectivity index (χ3n) is 5.54. The molecule has 0 saturated carbocycles. The summed E-state index contributed by atoms with van der Waals surface area (Å²) in [5, 5.41) is 7.17. The number of benzene rings is 3. The van der Waals surface area contributed by atoms with Gasteiger partial charge in [-0.2, -0.15) is 0 Å². The first-order valence-electron chi connectivity index (χ1n) is 9.92. The number of amides is 4. The van der Waals surface area contributed by atoms with Gasteiger partial charge in [0.05, 0.1) is 15.6 Å². The summed E-state index contributed by atoms with van der Waals surface area (Å²) in [5.74, 6) is -1.28. The fourth-order valence-electron chi connectivity index (χ4n) is 3.70. The lowest BCUT2D eigenvalue weighted by Crippen LogP contribution is -2.42. The van der Waals surface area contributed by atoms with Crippen LogP contribution in [0.3, 0.4) is 0 Å². The number of fused-ring (bicyclic) bond motifs is 1. The molecule has 1 fully saturated rings. The van der Waals surface area contributed by atoms with E-state index in [-0.39, 0.29) is 15.6 Å². The molecule has 10 heteroatoms. The van der Waals surface area contributed by atoms with Crippen LogP contribution in [-0.2, 0) is 25.0 Å². The van der Waals surface area contributed by atoms with Crippen molar-refractivity contribution in [3.63, 3.8) is 0 Å². The zero-order chi connectivity index (χ0) is 24.0. The van der Waals surface area contributed by atoms with E-state index in [2.05, 4.69) is 10.6 Å². The Morgan fingerprint density at radius 1 is 1.06 bits per heavy atom. The number of anilines is 1. The topological polar surface area (TPSA) is 113 Å². The monoisotopic (exact) mass is 485 g/mol. The maximum atomic E-state index is 13.2. The van der Waals surface area contributed by atoms with E-state index < -0.39 is 39.8 Å². The minimum atomic E-state index is -3.52. The smallest absolute Gasteiger partial charge is 0.323 e. The highest BCUT2D eigenvalue weighted by atomic mass is 35.5. The Morgan fingerprint density at radius 2 is 1.76 bits per heavy atom. The second-order valence-corrected chi connectivity index (χ2v) is 10.4. The summed E-state index contributed by atoms with van der Waals surface area (Å²) in [4.78, 5) is 39.2. The molecule has 2 N–H and O–H groups in total. The lowest BCUT2D eigenvalue weighted by Gasteiger charge is -2.22. The Labute approximate surface area is 195 Å². The van der Waals surface area contributed by atoms with Gasteiger partial charge in [0.25, 0.3) is 5.91 Å². The second-order valence-electron chi connectivity index (χ2n) is 7.97. The van der Waals surface area contributed by atoms with Crippen LogP contribution in [-0.4, -0.2) is 44.0 Å². The molecule has 3 aromatic carbocycles. The number of nitrogens with one attached hydrogen (secondary N) is 2. The minimum absolute atomic E-state index is 0.0268. The van der Waals surface area contributed by atoms with Crippen molar-refractivity contribution < 1.29 is 22.8 Å².